The lowest BCUT2D eigenvalue weighted by molar-refractivity contribution is -0.112. The summed E-state index contributed by atoms with van der Waals surface area (Å²) in [5.41, 5.74) is 1.25. The van der Waals surface area contributed by atoms with E-state index in [9.17, 15) is 4.79 Å². The summed E-state index contributed by atoms with van der Waals surface area (Å²) in [6.45, 7) is 1.78. The number of anilines is 1. The van der Waals surface area contributed by atoms with Crippen molar-refractivity contribution >= 4 is 29.0 Å². The lowest BCUT2D eigenvalue weighted by Crippen LogP contribution is -2.13. The molecule has 0 fully saturated rings. The zero-order valence-electron chi connectivity index (χ0n) is 12.2. The summed E-state index contributed by atoms with van der Waals surface area (Å²) in [6.07, 6.45) is 1.86. The van der Waals surface area contributed by atoms with Crippen LogP contribution in [0.2, 0.25) is 0 Å². The van der Waals surface area contributed by atoms with E-state index in [1.165, 1.54) is 0 Å². The number of methoxy groups -OCH3 is 2. The Morgan fingerprint density at radius 3 is 2.67 bits per heavy atom. The summed E-state index contributed by atoms with van der Waals surface area (Å²) in [5, 5.41) is 4.82. The monoisotopic (exact) mass is 303 g/mol. The van der Waals surface area contributed by atoms with Crippen LogP contribution in [0.5, 0.6) is 11.5 Å². The van der Waals surface area contributed by atoms with E-state index in [0.717, 1.165) is 4.88 Å². The maximum Gasteiger partial charge on any atom is 0.251 e. The van der Waals surface area contributed by atoms with Gasteiger partial charge in [-0.2, -0.15) is 0 Å². The first-order valence-electron chi connectivity index (χ1n) is 6.39. The van der Waals surface area contributed by atoms with Gasteiger partial charge >= 0.3 is 0 Å². The van der Waals surface area contributed by atoms with E-state index < -0.39 is 0 Å². The fourth-order valence-electron chi connectivity index (χ4n) is 1.78. The van der Waals surface area contributed by atoms with E-state index in [1.54, 1.807) is 50.7 Å². The van der Waals surface area contributed by atoms with Crippen molar-refractivity contribution in [2.45, 2.75) is 6.92 Å². The summed E-state index contributed by atoms with van der Waals surface area (Å²) in [5.74, 6) is 1.08. The number of carbonyl (C=O) groups excluding carboxylic acids is 1. The summed E-state index contributed by atoms with van der Waals surface area (Å²) < 4.78 is 10.4. The van der Waals surface area contributed by atoms with Crippen molar-refractivity contribution in [3.8, 4) is 11.5 Å². The molecule has 21 heavy (non-hydrogen) atoms. The third kappa shape index (κ3) is 3.86. The number of nitrogens with one attached hydrogen (secondary N) is 1. The molecule has 0 saturated heterocycles. The molecule has 0 atom stereocenters. The molecule has 1 amide bonds. The standard InChI is InChI=1S/C16H17NO3S/c1-11(9-13-5-4-8-21-13)16(18)17-14-7-6-12(19-2)10-15(14)20-3/h4-10H,1-3H3,(H,17,18)/b11-9+. The number of thiophene rings is 1. The van der Waals surface area contributed by atoms with Gasteiger partial charge in [0.05, 0.1) is 19.9 Å². The van der Waals surface area contributed by atoms with Crippen LogP contribution < -0.4 is 14.8 Å². The normalized spacial score (nSPS) is 11.1. The molecule has 0 bridgehead atoms. The highest BCUT2D eigenvalue weighted by atomic mass is 32.1. The second-order valence-electron chi connectivity index (χ2n) is 4.36. The van der Waals surface area contributed by atoms with Gasteiger partial charge in [-0.05, 0) is 36.6 Å². The largest absolute Gasteiger partial charge is 0.497 e. The molecule has 0 aliphatic carbocycles. The van der Waals surface area contributed by atoms with Gasteiger partial charge in [0, 0.05) is 16.5 Å². The van der Waals surface area contributed by atoms with Gasteiger partial charge in [-0.3, -0.25) is 4.79 Å². The van der Waals surface area contributed by atoms with E-state index in [2.05, 4.69) is 5.32 Å². The Kier molecular flexibility index (Phi) is 5.00. The predicted molar refractivity (Wildman–Crippen MR) is 86.1 cm³/mol. The minimum absolute atomic E-state index is 0.160. The van der Waals surface area contributed by atoms with Gasteiger partial charge in [-0.25, -0.2) is 0 Å². The maximum absolute atomic E-state index is 12.2. The molecule has 2 rings (SSSR count). The Balaban J connectivity index is 2.16. The SMILES string of the molecule is COc1ccc(NC(=O)/C(C)=C/c2cccs2)c(OC)c1. The highest BCUT2D eigenvalue weighted by molar-refractivity contribution is 7.10. The summed E-state index contributed by atoms with van der Waals surface area (Å²) in [7, 11) is 3.14. The highest BCUT2D eigenvalue weighted by Crippen LogP contribution is 2.29. The zero-order valence-corrected chi connectivity index (χ0v) is 13.0. The maximum atomic E-state index is 12.2. The molecule has 0 saturated carbocycles. The quantitative estimate of drug-likeness (QED) is 0.854. The van der Waals surface area contributed by atoms with E-state index in [-0.39, 0.29) is 5.91 Å². The van der Waals surface area contributed by atoms with Gasteiger partial charge < -0.3 is 14.8 Å². The molecule has 1 heterocycles. The molecule has 110 valence electrons. The van der Waals surface area contributed by atoms with Crippen LogP contribution in [0.3, 0.4) is 0 Å². The first-order valence-corrected chi connectivity index (χ1v) is 7.27. The lowest BCUT2D eigenvalue weighted by atomic mass is 10.2. The lowest BCUT2D eigenvalue weighted by Gasteiger charge is -2.11. The smallest absolute Gasteiger partial charge is 0.251 e. The van der Waals surface area contributed by atoms with Crippen molar-refractivity contribution in [1.29, 1.82) is 0 Å². The fourth-order valence-corrected chi connectivity index (χ4v) is 2.49. The number of carbonyl (C=O) groups is 1. The third-order valence-corrected chi connectivity index (χ3v) is 3.74. The van der Waals surface area contributed by atoms with Crippen molar-refractivity contribution in [2.24, 2.45) is 0 Å². The fraction of sp³-hybridized carbons (Fsp3) is 0.188. The van der Waals surface area contributed by atoms with Gasteiger partial charge in [0.1, 0.15) is 11.5 Å². The zero-order chi connectivity index (χ0) is 15.2. The van der Waals surface area contributed by atoms with Crippen LogP contribution in [0.4, 0.5) is 5.69 Å². The molecule has 2 aromatic rings. The predicted octanol–water partition coefficient (Wildman–Crippen LogP) is 3.81. The second-order valence-corrected chi connectivity index (χ2v) is 5.34. The van der Waals surface area contributed by atoms with Gasteiger partial charge in [0.25, 0.3) is 5.91 Å². The summed E-state index contributed by atoms with van der Waals surface area (Å²) >= 11 is 1.59. The van der Waals surface area contributed by atoms with Crippen LogP contribution in [-0.4, -0.2) is 20.1 Å². The number of ether oxygens (including phenoxy) is 2. The molecule has 0 aliphatic heterocycles. The van der Waals surface area contributed by atoms with Crippen LogP contribution in [0, 0.1) is 0 Å². The highest BCUT2D eigenvalue weighted by Gasteiger charge is 2.10. The Labute approximate surface area is 128 Å². The number of hydrogen-bond acceptors (Lipinski definition) is 4. The summed E-state index contributed by atoms with van der Waals surface area (Å²) in [6, 6.07) is 9.18. The topological polar surface area (TPSA) is 47.6 Å². The van der Waals surface area contributed by atoms with E-state index in [1.807, 2.05) is 23.6 Å². The first-order chi connectivity index (χ1) is 10.1. The van der Waals surface area contributed by atoms with Crippen LogP contribution in [-0.2, 0) is 4.79 Å². The van der Waals surface area contributed by atoms with E-state index >= 15 is 0 Å². The Hall–Kier alpha value is -2.27. The van der Waals surface area contributed by atoms with Gasteiger partial charge in [0.15, 0.2) is 0 Å². The van der Waals surface area contributed by atoms with Gasteiger partial charge in [0.2, 0.25) is 0 Å². The number of amides is 1. The molecule has 1 aromatic heterocycles. The Morgan fingerprint density at radius 1 is 1.24 bits per heavy atom. The second kappa shape index (κ2) is 6.95. The molecule has 0 aliphatic rings. The average molecular weight is 303 g/mol. The average Bonchev–Trinajstić information content (AvgIpc) is 3.00. The van der Waals surface area contributed by atoms with Crippen LogP contribution >= 0.6 is 11.3 Å². The van der Waals surface area contributed by atoms with Crippen molar-refractivity contribution in [3.63, 3.8) is 0 Å². The van der Waals surface area contributed by atoms with Crippen molar-refractivity contribution < 1.29 is 14.3 Å². The third-order valence-electron chi connectivity index (χ3n) is 2.92. The Morgan fingerprint density at radius 2 is 2.05 bits per heavy atom. The van der Waals surface area contributed by atoms with Gasteiger partial charge in [-0.15, -0.1) is 11.3 Å². The first kappa shape index (κ1) is 15.1. The minimum atomic E-state index is -0.160. The summed E-state index contributed by atoms with van der Waals surface area (Å²) in [4.78, 5) is 13.2. The molecule has 0 unspecified atom stereocenters. The molecule has 0 radical (unpaired) electrons. The van der Waals surface area contributed by atoms with E-state index in [4.69, 9.17) is 9.47 Å². The number of hydrogen-bond donors (Lipinski definition) is 1. The molecule has 0 spiro atoms. The van der Waals surface area contributed by atoms with Crippen LogP contribution in [0.15, 0.2) is 41.3 Å². The van der Waals surface area contributed by atoms with Crippen molar-refractivity contribution in [3.05, 3.63) is 46.2 Å². The van der Waals surface area contributed by atoms with Gasteiger partial charge in [-0.1, -0.05) is 6.07 Å². The van der Waals surface area contributed by atoms with E-state index in [0.29, 0.717) is 22.8 Å². The molecule has 5 heteroatoms. The molecule has 1 aromatic carbocycles. The number of benzene rings is 1. The van der Waals surface area contributed by atoms with Crippen molar-refractivity contribution in [1.82, 2.24) is 0 Å². The molecule has 4 nitrogen and oxygen atoms in total. The number of rotatable bonds is 5. The molecular formula is C16H17NO3S. The minimum Gasteiger partial charge on any atom is -0.497 e. The molecular weight excluding hydrogens is 286 g/mol. The Bertz CT molecular complexity index is 648. The molecule has 1 N–H and O–H groups in total. The van der Waals surface area contributed by atoms with Crippen LogP contribution in [0.25, 0.3) is 6.08 Å². The van der Waals surface area contributed by atoms with Crippen molar-refractivity contribution in [2.75, 3.05) is 19.5 Å². The van der Waals surface area contributed by atoms with Crippen LogP contribution in [0.1, 0.15) is 11.8 Å².